The van der Waals surface area contributed by atoms with Crippen molar-refractivity contribution in [1.29, 1.82) is 0 Å². The molecule has 0 spiro atoms. The molecule has 7 heteroatoms. The van der Waals surface area contributed by atoms with Crippen LogP contribution in [0.25, 0.3) is 0 Å². The molecule has 2 N–H and O–H groups in total. The minimum atomic E-state index is -3.88. The second-order valence-electron chi connectivity index (χ2n) is 8.46. The number of rotatable bonds is 19. The number of nitrogens with zero attached hydrogens (tertiary/aromatic N) is 1. The van der Waals surface area contributed by atoms with Crippen LogP contribution in [0, 0.1) is 0 Å². The quantitative estimate of drug-likeness (QED) is 0.173. The lowest BCUT2D eigenvalue weighted by Crippen LogP contribution is -2.34. The molecule has 0 unspecified atom stereocenters. The molecule has 0 radical (unpaired) electrons. The highest BCUT2D eigenvalue weighted by atomic mass is 32.2. The fourth-order valence-electron chi connectivity index (χ4n) is 3.61. The van der Waals surface area contributed by atoms with Crippen LogP contribution in [0.1, 0.15) is 107 Å². The first-order valence-corrected chi connectivity index (χ1v) is 13.8. The van der Waals surface area contributed by atoms with Crippen LogP contribution in [0.5, 0.6) is 0 Å². The van der Waals surface area contributed by atoms with Crippen LogP contribution in [0.4, 0.5) is 0 Å². The molecule has 1 rings (SSSR count). The average Bonchev–Trinajstić information content (AvgIpc) is 2.74. The number of hydrogen-bond acceptors (Lipinski definition) is 3. The topological polar surface area (TPSA) is 87.4 Å². The van der Waals surface area contributed by atoms with Crippen molar-refractivity contribution in [2.24, 2.45) is 0 Å². The maximum Gasteiger partial charge on any atom is 0.264 e. The third kappa shape index (κ3) is 15.9. The summed E-state index contributed by atoms with van der Waals surface area (Å²) < 4.78 is 32.0. The van der Waals surface area contributed by atoms with Gasteiger partial charge in [0.15, 0.2) is 12.4 Å². The maximum absolute atomic E-state index is 12.2. The summed E-state index contributed by atoms with van der Waals surface area (Å²) in [7, 11) is -3.88. The zero-order chi connectivity index (χ0) is 22.8. The van der Waals surface area contributed by atoms with Gasteiger partial charge in [-0.05, 0) is 12.8 Å². The lowest BCUT2D eigenvalue weighted by molar-refractivity contribution is -0.697. The summed E-state index contributed by atoms with van der Waals surface area (Å²) in [4.78, 5) is 12.2. The standard InChI is InChI=1S/C24H42N2O4S/c1-2-3-4-5-6-7-8-9-10-11-12-13-18-25-24(27)23-16-20-26(21-17-23)19-14-15-22-31(28,29)30/h16-17,20-21H,2-15,18-19,22H2,1H3,(H-,25,27,28,29,30)/p+1. The predicted octanol–water partition coefficient (Wildman–Crippen LogP) is 5.07. The van der Waals surface area contributed by atoms with Gasteiger partial charge in [0, 0.05) is 25.1 Å². The lowest BCUT2D eigenvalue weighted by Gasteiger charge is -2.05. The molecule has 0 saturated heterocycles. The Bertz CT molecular complexity index is 690. The van der Waals surface area contributed by atoms with Crippen molar-refractivity contribution in [2.75, 3.05) is 12.3 Å². The molecule has 0 fully saturated rings. The number of aryl methyl sites for hydroxylation is 1. The molecule has 1 aromatic heterocycles. The molecular formula is C24H43N2O4S+. The Hall–Kier alpha value is -1.47. The van der Waals surface area contributed by atoms with Gasteiger partial charge in [-0.1, -0.05) is 77.6 Å². The Morgan fingerprint density at radius 3 is 1.87 bits per heavy atom. The molecule has 0 aromatic carbocycles. The predicted molar refractivity (Wildman–Crippen MR) is 126 cm³/mol. The van der Waals surface area contributed by atoms with E-state index in [0.717, 1.165) is 12.8 Å². The molecule has 31 heavy (non-hydrogen) atoms. The zero-order valence-electron chi connectivity index (χ0n) is 19.4. The van der Waals surface area contributed by atoms with Gasteiger partial charge in [0.25, 0.3) is 16.0 Å². The van der Waals surface area contributed by atoms with Crippen LogP contribution in [0.2, 0.25) is 0 Å². The minimum absolute atomic E-state index is 0.0541. The molecule has 1 heterocycles. The Morgan fingerprint density at radius 1 is 0.839 bits per heavy atom. The lowest BCUT2D eigenvalue weighted by atomic mass is 10.1. The summed E-state index contributed by atoms with van der Waals surface area (Å²) in [6, 6.07) is 3.56. The number of pyridine rings is 1. The maximum atomic E-state index is 12.2. The van der Waals surface area contributed by atoms with E-state index in [4.69, 9.17) is 4.55 Å². The molecule has 0 atom stereocenters. The molecule has 0 saturated carbocycles. The van der Waals surface area contributed by atoms with E-state index < -0.39 is 10.1 Å². The van der Waals surface area contributed by atoms with Crippen LogP contribution in [0.3, 0.4) is 0 Å². The van der Waals surface area contributed by atoms with Gasteiger partial charge >= 0.3 is 0 Å². The van der Waals surface area contributed by atoms with E-state index in [0.29, 0.717) is 31.5 Å². The first-order valence-electron chi connectivity index (χ1n) is 12.1. The molecule has 178 valence electrons. The van der Waals surface area contributed by atoms with Gasteiger partial charge in [-0.25, -0.2) is 4.57 Å². The molecule has 0 aliphatic carbocycles. The number of carbonyl (C=O) groups excluding carboxylic acids is 1. The Morgan fingerprint density at radius 2 is 1.35 bits per heavy atom. The molecular weight excluding hydrogens is 412 g/mol. The first kappa shape index (κ1) is 27.6. The summed E-state index contributed by atoms with van der Waals surface area (Å²) >= 11 is 0. The summed E-state index contributed by atoms with van der Waals surface area (Å²) in [5.41, 5.74) is 0.633. The number of carbonyl (C=O) groups is 1. The Kier molecular flexibility index (Phi) is 15.2. The minimum Gasteiger partial charge on any atom is -0.352 e. The normalized spacial score (nSPS) is 11.5. The van der Waals surface area contributed by atoms with Crippen LogP contribution >= 0.6 is 0 Å². The van der Waals surface area contributed by atoms with Crippen LogP contribution in [0.15, 0.2) is 24.5 Å². The third-order valence-electron chi connectivity index (χ3n) is 5.54. The van der Waals surface area contributed by atoms with Crippen molar-refractivity contribution < 1.29 is 22.3 Å². The van der Waals surface area contributed by atoms with E-state index >= 15 is 0 Å². The second-order valence-corrected chi connectivity index (χ2v) is 10.0. The first-order chi connectivity index (χ1) is 14.9. The summed E-state index contributed by atoms with van der Waals surface area (Å²) in [5, 5.41) is 2.98. The molecule has 0 aliphatic heterocycles. The highest BCUT2D eigenvalue weighted by Gasteiger charge is 2.09. The smallest absolute Gasteiger partial charge is 0.264 e. The Labute approximate surface area is 189 Å². The van der Waals surface area contributed by atoms with Crippen molar-refractivity contribution in [1.82, 2.24) is 5.32 Å². The monoisotopic (exact) mass is 455 g/mol. The zero-order valence-corrected chi connectivity index (χ0v) is 20.2. The SMILES string of the molecule is CCCCCCCCCCCCCCNC(=O)c1cc[n+](CCCCS(=O)(=O)O)cc1. The van der Waals surface area contributed by atoms with Gasteiger partial charge in [-0.3, -0.25) is 9.35 Å². The number of amides is 1. The van der Waals surface area contributed by atoms with Crippen molar-refractivity contribution in [3.63, 3.8) is 0 Å². The van der Waals surface area contributed by atoms with Gasteiger partial charge in [0.05, 0.1) is 11.3 Å². The average molecular weight is 456 g/mol. The van der Waals surface area contributed by atoms with Gasteiger partial charge < -0.3 is 5.32 Å². The molecule has 0 bridgehead atoms. The van der Waals surface area contributed by atoms with Gasteiger partial charge in [-0.15, -0.1) is 0 Å². The largest absolute Gasteiger partial charge is 0.352 e. The van der Waals surface area contributed by atoms with Crippen molar-refractivity contribution >= 4 is 16.0 Å². The van der Waals surface area contributed by atoms with Crippen LogP contribution in [-0.4, -0.2) is 31.2 Å². The second kappa shape index (κ2) is 17.1. The number of aromatic nitrogens is 1. The third-order valence-corrected chi connectivity index (χ3v) is 6.34. The van der Waals surface area contributed by atoms with E-state index in [-0.39, 0.29) is 11.7 Å². The highest BCUT2D eigenvalue weighted by Crippen LogP contribution is 2.11. The molecule has 0 aliphatic rings. The van der Waals surface area contributed by atoms with E-state index in [2.05, 4.69) is 12.2 Å². The number of hydrogen-bond donors (Lipinski definition) is 2. The van der Waals surface area contributed by atoms with E-state index in [1.54, 1.807) is 12.1 Å². The number of nitrogens with one attached hydrogen (secondary N) is 1. The fourth-order valence-corrected chi connectivity index (χ4v) is 4.18. The van der Waals surface area contributed by atoms with Crippen molar-refractivity contribution in [3.05, 3.63) is 30.1 Å². The van der Waals surface area contributed by atoms with Crippen molar-refractivity contribution in [3.8, 4) is 0 Å². The van der Waals surface area contributed by atoms with Gasteiger partial charge in [0.2, 0.25) is 0 Å². The fraction of sp³-hybridized carbons (Fsp3) is 0.750. The molecule has 6 nitrogen and oxygen atoms in total. The highest BCUT2D eigenvalue weighted by molar-refractivity contribution is 7.85. The van der Waals surface area contributed by atoms with E-state index in [1.807, 2.05) is 17.0 Å². The Balaban J connectivity index is 2.02. The van der Waals surface area contributed by atoms with Gasteiger partial charge in [0.1, 0.15) is 6.54 Å². The van der Waals surface area contributed by atoms with Crippen molar-refractivity contribution in [2.45, 2.75) is 103 Å². The number of unbranched alkanes of at least 4 members (excludes halogenated alkanes) is 12. The molecule has 1 aromatic rings. The van der Waals surface area contributed by atoms with Gasteiger partial charge in [-0.2, -0.15) is 8.42 Å². The summed E-state index contributed by atoms with van der Waals surface area (Å²) in [5.74, 6) is -0.269. The van der Waals surface area contributed by atoms with Crippen LogP contribution < -0.4 is 9.88 Å². The summed E-state index contributed by atoms with van der Waals surface area (Å²) in [6.45, 7) is 3.61. The summed E-state index contributed by atoms with van der Waals surface area (Å²) in [6.07, 6.45) is 20.4. The van der Waals surface area contributed by atoms with E-state index in [9.17, 15) is 13.2 Å². The molecule has 1 amide bonds. The van der Waals surface area contributed by atoms with Crippen LogP contribution in [-0.2, 0) is 16.7 Å². The van der Waals surface area contributed by atoms with E-state index in [1.165, 1.54) is 64.2 Å².